The predicted octanol–water partition coefficient (Wildman–Crippen LogP) is 5.53. The molecule has 1 aliphatic heterocycles. The maximum absolute atomic E-state index is 13.5. The van der Waals surface area contributed by atoms with Crippen molar-refractivity contribution in [2.45, 2.75) is 57.7 Å². The van der Waals surface area contributed by atoms with Gasteiger partial charge in [0.1, 0.15) is 17.3 Å². The van der Waals surface area contributed by atoms with Crippen molar-refractivity contribution in [3.63, 3.8) is 0 Å². The van der Waals surface area contributed by atoms with E-state index in [9.17, 15) is 4.39 Å². The number of methoxy groups -OCH3 is 1. The summed E-state index contributed by atoms with van der Waals surface area (Å²) in [6, 6.07) is 10.1. The highest BCUT2D eigenvalue weighted by molar-refractivity contribution is 5.62. The molecule has 158 valence electrons. The van der Waals surface area contributed by atoms with Crippen molar-refractivity contribution >= 4 is 0 Å². The van der Waals surface area contributed by atoms with Crippen LogP contribution in [0.5, 0.6) is 5.75 Å². The molecule has 1 fully saturated rings. The first kappa shape index (κ1) is 20.5. The molecule has 0 bridgehead atoms. The van der Waals surface area contributed by atoms with Crippen LogP contribution in [0, 0.1) is 5.82 Å². The smallest absolute Gasteiger partial charge is 0.167 e. The fraction of sp³-hybridized carbons (Fsp3) is 0.417. The van der Waals surface area contributed by atoms with Crippen LogP contribution in [0.4, 0.5) is 4.39 Å². The first-order chi connectivity index (χ1) is 14.2. The van der Waals surface area contributed by atoms with Gasteiger partial charge in [0.25, 0.3) is 0 Å². The molecule has 0 radical (unpaired) electrons. The number of imidazole rings is 1. The maximum Gasteiger partial charge on any atom is 0.167 e. The molecule has 0 aliphatic carbocycles. The van der Waals surface area contributed by atoms with Crippen molar-refractivity contribution in [1.29, 1.82) is 0 Å². The van der Waals surface area contributed by atoms with Crippen LogP contribution >= 0.6 is 0 Å². The second-order valence-electron chi connectivity index (χ2n) is 9.12. The summed E-state index contributed by atoms with van der Waals surface area (Å²) in [5, 5.41) is 0. The van der Waals surface area contributed by atoms with Gasteiger partial charge < -0.3 is 9.47 Å². The first-order valence-corrected chi connectivity index (χ1v) is 10.2. The summed E-state index contributed by atoms with van der Waals surface area (Å²) in [6.07, 6.45) is 5.51. The Balaban J connectivity index is 1.85. The molecule has 3 aromatic rings. The van der Waals surface area contributed by atoms with E-state index in [4.69, 9.17) is 14.5 Å². The van der Waals surface area contributed by atoms with Gasteiger partial charge in [0.15, 0.2) is 5.82 Å². The van der Waals surface area contributed by atoms with Gasteiger partial charge in [0.05, 0.1) is 24.0 Å². The minimum Gasteiger partial charge on any atom is -0.494 e. The van der Waals surface area contributed by atoms with E-state index in [0.29, 0.717) is 17.3 Å². The summed E-state index contributed by atoms with van der Waals surface area (Å²) >= 11 is 0. The number of hydrogen-bond acceptors (Lipinski definition) is 4. The summed E-state index contributed by atoms with van der Waals surface area (Å²) in [7, 11) is 1.62. The van der Waals surface area contributed by atoms with Gasteiger partial charge in [-0.1, -0.05) is 0 Å². The van der Waals surface area contributed by atoms with Crippen LogP contribution in [0.3, 0.4) is 0 Å². The Hall–Kier alpha value is -2.73. The molecule has 1 aromatic carbocycles. The van der Waals surface area contributed by atoms with Gasteiger partial charge in [0.2, 0.25) is 0 Å². The number of pyridine rings is 1. The van der Waals surface area contributed by atoms with Crippen molar-refractivity contribution in [3.05, 3.63) is 60.3 Å². The predicted molar refractivity (Wildman–Crippen MR) is 115 cm³/mol. The van der Waals surface area contributed by atoms with Crippen LogP contribution in [0.1, 0.15) is 52.1 Å². The fourth-order valence-electron chi connectivity index (χ4n) is 4.58. The van der Waals surface area contributed by atoms with E-state index in [2.05, 4.69) is 32.7 Å². The van der Waals surface area contributed by atoms with Crippen LogP contribution in [0.25, 0.3) is 17.2 Å². The fourth-order valence-corrected chi connectivity index (χ4v) is 4.58. The van der Waals surface area contributed by atoms with Crippen molar-refractivity contribution < 1.29 is 13.9 Å². The minimum absolute atomic E-state index is 0.235. The van der Waals surface area contributed by atoms with E-state index in [-0.39, 0.29) is 22.9 Å². The number of benzene rings is 1. The van der Waals surface area contributed by atoms with E-state index in [0.717, 1.165) is 24.2 Å². The van der Waals surface area contributed by atoms with E-state index < -0.39 is 0 Å². The van der Waals surface area contributed by atoms with Crippen molar-refractivity contribution in [2.75, 3.05) is 7.11 Å². The molecule has 2 aromatic heterocycles. The topological polar surface area (TPSA) is 49.2 Å². The number of ether oxygens (including phenoxy) is 2. The lowest BCUT2D eigenvalue weighted by Gasteiger charge is -2.45. The molecular weight excluding hydrogens is 381 g/mol. The third-order valence-electron chi connectivity index (χ3n) is 5.48. The number of nitrogens with zero attached hydrogens (tertiary/aromatic N) is 3. The van der Waals surface area contributed by atoms with E-state index in [1.54, 1.807) is 25.4 Å². The lowest BCUT2D eigenvalue weighted by molar-refractivity contribution is -0.162. The second-order valence-corrected chi connectivity index (χ2v) is 9.12. The Labute approximate surface area is 176 Å². The molecule has 1 saturated heterocycles. The summed E-state index contributed by atoms with van der Waals surface area (Å²) in [4.78, 5) is 9.55. The first-order valence-electron chi connectivity index (χ1n) is 10.2. The van der Waals surface area contributed by atoms with Crippen molar-refractivity contribution in [3.8, 4) is 23.0 Å². The van der Waals surface area contributed by atoms with Crippen LogP contribution in [0.2, 0.25) is 0 Å². The van der Waals surface area contributed by atoms with E-state index >= 15 is 0 Å². The average molecular weight is 410 g/mol. The van der Waals surface area contributed by atoms with E-state index in [1.165, 1.54) is 12.1 Å². The highest BCUT2D eigenvalue weighted by atomic mass is 19.1. The highest BCUT2D eigenvalue weighted by Crippen LogP contribution is 2.44. The Morgan fingerprint density at radius 1 is 1.07 bits per heavy atom. The van der Waals surface area contributed by atoms with Gasteiger partial charge in [-0.3, -0.25) is 4.57 Å². The van der Waals surface area contributed by atoms with Gasteiger partial charge >= 0.3 is 0 Å². The van der Waals surface area contributed by atoms with E-state index in [1.807, 2.05) is 22.9 Å². The molecule has 4 rings (SSSR count). The minimum atomic E-state index is -0.274. The highest BCUT2D eigenvalue weighted by Gasteiger charge is 2.41. The molecule has 30 heavy (non-hydrogen) atoms. The molecule has 0 atom stereocenters. The van der Waals surface area contributed by atoms with Gasteiger partial charge in [-0.05, 0) is 76.9 Å². The molecule has 0 amide bonds. The zero-order chi connectivity index (χ0) is 21.5. The molecule has 0 spiro atoms. The molecule has 0 unspecified atom stereocenters. The number of rotatable bonds is 4. The Bertz CT molecular complexity index is 1020. The summed E-state index contributed by atoms with van der Waals surface area (Å²) in [6.45, 7) is 8.50. The molecule has 6 heteroatoms. The zero-order valence-corrected chi connectivity index (χ0v) is 18.1. The standard InChI is InChI=1S/C24H28FN3O2/c1-23(2)13-16(14-24(3,4)30-23)19-15-28(18-10-8-17(25)9-11-18)22(27-19)21-20(29-5)7-6-12-26-21/h6-12,15-16H,13-14H2,1-5H3. The van der Waals surface area contributed by atoms with Gasteiger partial charge in [-0.25, -0.2) is 14.4 Å². The third kappa shape index (κ3) is 4.10. The largest absolute Gasteiger partial charge is 0.494 e. The molecule has 1 aliphatic rings. The monoisotopic (exact) mass is 409 g/mol. The third-order valence-corrected chi connectivity index (χ3v) is 5.48. The van der Waals surface area contributed by atoms with Crippen LogP contribution in [-0.4, -0.2) is 32.8 Å². The normalized spacial score (nSPS) is 18.3. The summed E-state index contributed by atoms with van der Waals surface area (Å²) in [5.41, 5.74) is 1.97. The summed E-state index contributed by atoms with van der Waals surface area (Å²) in [5.74, 6) is 1.28. The molecule has 0 saturated carbocycles. The molecule has 0 N–H and O–H groups in total. The quantitative estimate of drug-likeness (QED) is 0.568. The van der Waals surface area contributed by atoms with Crippen LogP contribution in [-0.2, 0) is 4.74 Å². The Morgan fingerprint density at radius 3 is 2.37 bits per heavy atom. The van der Waals surface area contributed by atoms with Gasteiger partial charge in [-0.2, -0.15) is 0 Å². The lowest BCUT2D eigenvalue weighted by atomic mass is 9.79. The maximum atomic E-state index is 13.5. The summed E-state index contributed by atoms with van der Waals surface area (Å²) < 4.78 is 27.3. The van der Waals surface area contributed by atoms with Gasteiger partial charge in [-0.15, -0.1) is 0 Å². The zero-order valence-electron chi connectivity index (χ0n) is 18.1. The van der Waals surface area contributed by atoms with Crippen LogP contribution in [0.15, 0.2) is 48.8 Å². The average Bonchev–Trinajstić information content (AvgIpc) is 3.11. The van der Waals surface area contributed by atoms with Gasteiger partial charge in [0, 0.05) is 24.0 Å². The number of aromatic nitrogens is 3. The number of hydrogen-bond donors (Lipinski definition) is 0. The van der Waals surface area contributed by atoms with Crippen molar-refractivity contribution in [2.24, 2.45) is 0 Å². The SMILES string of the molecule is COc1cccnc1-c1nc(C2CC(C)(C)OC(C)(C)C2)cn1-c1ccc(F)cc1. The molecule has 3 heterocycles. The second kappa shape index (κ2) is 7.51. The molecular formula is C24H28FN3O2. The molecule has 5 nitrogen and oxygen atoms in total. The van der Waals surface area contributed by atoms with Crippen molar-refractivity contribution in [1.82, 2.24) is 14.5 Å². The van der Waals surface area contributed by atoms with Crippen LogP contribution < -0.4 is 4.74 Å². The Kier molecular flexibility index (Phi) is 5.14. The Morgan fingerprint density at radius 2 is 1.73 bits per heavy atom. The number of halogens is 1. The lowest BCUT2D eigenvalue weighted by Crippen LogP contribution is -2.44.